The molecule has 3 aromatic heterocycles. The van der Waals surface area contributed by atoms with Crippen molar-refractivity contribution in [2.24, 2.45) is 0 Å². The van der Waals surface area contributed by atoms with E-state index in [-0.39, 0.29) is 4.90 Å². The van der Waals surface area contributed by atoms with Crippen molar-refractivity contribution in [1.29, 1.82) is 0 Å². The van der Waals surface area contributed by atoms with Gasteiger partial charge in [0, 0.05) is 42.0 Å². The molecule has 0 aliphatic heterocycles. The lowest BCUT2D eigenvalue weighted by Crippen LogP contribution is -1.96. The lowest BCUT2D eigenvalue weighted by molar-refractivity contribution is 0.602. The van der Waals surface area contributed by atoms with Gasteiger partial charge in [0.1, 0.15) is 11.3 Å². The molecule has 25 heavy (non-hydrogen) atoms. The highest BCUT2D eigenvalue weighted by molar-refractivity contribution is 7.90. The Bertz CT molecular complexity index is 1170. The first-order chi connectivity index (χ1) is 12.0. The van der Waals surface area contributed by atoms with Gasteiger partial charge in [0.15, 0.2) is 15.4 Å². The molecule has 0 aliphatic rings. The molecule has 0 unspecified atom stereocenters. The van der Waals surface area contributed by atoms with Gasteiger partial charge >= 0.3 is 0 Å². The van der Waals surface area contributed by atoms with E-state index >= 15 is 0 Å². The Morgan fingerprint density at radius 3 is 2.48 bits per heavy atom. The summed E-state index contributed by atoms with van der Waals surface area (Å²) in [5.41, 5.74) is 3.82. The van der Waals surface area contributed by atoms with Gasteiger partial charge in [-0.2, -0.15) is 0 Å². The maximum Gasteiger partial charge on any atom is 0.175 e. The molecule has 0 saturated carbocycles. The molecular weight excluding hydrogens is 336 g/mol. The van der Waals surface area contributed by atoms with Crippen LogP contribution < -0.4 is 0 Å². The minimum absolute atomic E-state index is 0.274. The fraction of sp³-hybridized carbons (Fsp3) is 0.0526. The van der Waals surface area contributed by atoms with Crippen molar-refractivity contribution in [3.63, 3.8) is 0 Å². The SMILES string of the molecule is CS(=O)(=O)c1cccc(-c2ccnc3cc(-c4ccncc4)oc23)c1. The molecule has 5 nitrogen and oxygen atoms in total. The second-order valence-corrected chi connectivity index (χ2v) is 7.74. The standard InChI is InChI=1S/C19H14N2O3S/c1-25(22,23)15-4-2-3-14(11-15)16-7-10-21-17-12-18(24-19(16)17)13-5-8-20-9-6-13/h2-12H,1H3. The van der Waals surface area contributed by atoms with Crippen LogP contribution >= 0.6 is 0 Å². The summed E-state index contributed by atoms with van der Waals surface area (Å²) in [4.78, 5) is 8.64. The first kappa shape index (κ1) is 15.5. The van der Waals surface area contributed by atoms with Crippen molar-refractivity contribution in [3.8, 4) is 22.5 Å². The van der Waals surface area contributed by atoms with Crippen LogP contribution in [-0.4, -0.2) is 24.6 Å². The Morgan fingerprint density at radius 1 is 0.920 bits per heavy atom. The number of furan rings is 1. The molecule has 0 aliphatic carbocycles. The van der Waals surface area contributed by atoms with Gasteiger partial charge in [0.25, 0.3) is 0 Å². The van der Waals surface area contributed by atoms with Gasteiger partial charge in [-0.25, -0.2) is 8.42 Å². The quantitative estimate of drug-likeness (QED) is 0.559. The van der Waals surface area contributed by atoms with Crippen molar-refractivity contribution in [2.75, 3.05) is 6.26 Å². The normalized spacial score (nSPS) is 11.7. The number of fused-ring (bicyclic) bond motifs is 1. The first-order valence-corrected chi connectivity index (χ1v) is 9.51. The van der Waals surface area contributed by atoms with Crippen molar-refractivity contribution in [1.82, 2.24) is 9.97 Å². The highest BCUT2D eigenvalue weighted by atomic mass is 32.2. The molecule has 0 N–H and O–H groups in total. The summed E-state index contributed by atoms with van der Waals surface area (Å²) in [7, 11) is -3.28. The topological polar surface area (TPSA) is 73.1 Å². The van der Waals surface area contributed by atoms with Crippen LogP contribution in [0.4, 0.5) is 0 Å². The van der Waals surface area contributed by atoms with Crippen LogP contribution in [0.25, 0.3) is 33.6 Å². The Morgan fingerprint density at radius 2 is 1.72 bits per heavy atom. The van der Waals surface area contributed by atoms with Crippen LogP contribution in [0.3, 0.4) is 0 Å². The molecular formula is C19H14N2O3S. The maximum atomic E-state index is 11.8. The van der Waals surface area contributed by atoms with E-state index in [2.05, 4.69) is 9.97 Å². The molecule has 0 spiro atoms. The average Bonchev–Trinajstić information content (AvgIpc) is 3.06. The van der Waals surface area contributed by atoms with Crippen molar-refractivity contribution in [3.05, 3.63) is 67.1 Å². The number of hydrogen-bond acceptors (Lipinski definition) is 5. The lowest BCUT2D eigenvalue weighted by Gasteiger charge is -2.05. The molecule has 0 amide bonds. The largest absolute Gasteiger partial charge is 0.454 e. The summed E-state index contributed by atoms with van der Waals surface area (Å²) in [6, 6.07) is 14.2. The van der Waals surface area contributed by atoms with E-state index in [9.17, 15) is 8.42 Å². The van der Waals surface area contributed by atoms with Gasteiger partial charge in [-0.3, -0.25) is 9.97 Å². The van der Waals surface area contributed by atoms with Gasteiger partial charge in [-0.15, -0.1) is 0 Å². The van der Waals surface area contributed by atoms with E-state index in [1.165, 1.54) is 6.26 Å². The van der Waals surface area contributed by atoms with Gasteiger partial charge in [-0.1, -0.05) is 12.1 Å². The number of benzene rings is 1. The van der Waals surface area contributed by atoms with Gasteiger partial charge < -0.3 is 4.42 Å². The van der Waals surface area contributed by atoms with E-state index in [0.29, 0.717) is 16.9 Å². The van der Waals surface area contributed by atoms with E-state index in [1.54, 1.807) is 36.8 Å². The highest BCUT2D eigenvalue weighted by Gasteiger charge is 2.14. The number of aromatic nitrogens is 2. The van der Waals surface area contributed by atoms with Crippen LogP contribution in [0, 0.1) is 0 Å². The second-order valence-electron chi connectivity index (χ2n) is 5.72. The van der Waals surface area contributed by atoms with Gasteiger partial charge in [-0.05, 0) is 35.9 Å². The van der Waals surface area contributed by atoms with Crippen molar-refractivity contribution >= 4 is 20.9 Å². The zero-order valence-corrected chi connectivity index (χ0v) is 14.2. The molecule has 1 aromatic carbocycles. The third kappa shape index (κ3) is 2.92. The van der Waals surface area contributed by atoms with E-state index in [1.807, 2.05) is 30.3 Å². The summed E-state index contributed by atoms with van der Waals surface area (Å²) in [6.45, 7) is 0. The highest BCUT2D eigenvalue weighted by Crippen LogP contribution is 2.34. The van der Waals surface area contributed by atoms with Crippen LogP contribution in [0.15, 0.2) is 76.4 Å². The second kappa shape index (κ2) is 5.82. The molecule has 3 heterocycles. The number of rotatable bonds is 3. The van der Waals surface area contributed by atoms with Gasteiger partial charge in [0.2, 0.25) is 0 Å². The minimum Gasteiger partial charge on any atom is -0.454 e. The number of hydrogen-bond donors (Lipinski definition) is 0. The molecule has 0 bridgehead atoms. The average molecular weight is 350 g/mol. The monoisotopic (exact) mass is 350 g/mol. The molecule has 6 heteroatoms. The molecule has 4 rings (SSSR count). The van der Waals surface area contributed by atoms with E-state index in [4.69, 9.17) is 4.42 Å². The maximum absolute atomic E-state index is 11.8. The van der Waals surface area contributed by atoms with Gasteiger partial charge in [0.05, 0.1) is 4.90 Å². The molecule has 124 valence electrons. The summed E-state index contributed by atoms with van der Waals surface area (Å²) < 4.78 is 29.7. The predicted molar refractivity (Wildman–Crippen MR) is 95.8 cm³/mol. The van der Waals surface area contributed by atoms with Crippen molar-refractivity contribution in [2.45, 2.75) is 4.90 Å². The smallest absolute Gasteiger partial charge is 0.175 e. The third-order valence-electron chi connectivity index (χ3n) is 3.95. The predicted octanol–water partition coefficient (Wildman–Crippen LogP) is 3.96. The molecule has 0 radical (unpaired) electrons. The van der Waals surface area contributed by atoms with Crippen molar-refractivity contribution < 1.29 is 12.8 Å². The summed E-state index contributed by atoms with van der Waals surface area (Å²) in [5, 5.41) is 0. The van der Waals surface area contributed by atoms with Crippen LogP contribution in [0.1, 0.15) is 0 Å². The zero-order valence-electron chi connectivity index (χ0n) is 13.4. The Kier molecular flexibility index (Phi) is 3.62. The molecule has 0 fully saturated rings. The first-order valence-electron chi connectivity index (χ1n) is 7.62. The van der Waals surface area contributed by atoms with E-state index < -0.39 is 9.84 Å². The number of sulfone groups is 1. The fourth-order valence-electron chi connectivity index (χ4n) is 2.72. The Labute approximate surface area is 144 Å². The molecule has 0 atom stereocenters. The Hall–Kier alpha value is -2.99. The minimum atomic E-state index is -3.28. The number of nitrogens with zero attached hydrogens (tertiary/aromatic N) is 2. The molecule has 0 saturated heterocycles. The third-order valence-corrected chi connectivity index (χ3v) is 5.06. The molecule has 4 aromatic rings. The van der Waals surface area contributed by atoms with Crippen LogP contribution in [0.5, 0.6) is 0 Å². The fourth-order valence-corrected chi connectivity index (χ4v) is 3.38. The van der Waals surface area contributed by atoms with E-state index in [0.717, 1.165) is 16.7 Å². The Balaban J connectivity index is 1.90. The zero-order chi connectivity index (χ0) is 17.4. The lowest BCUT2D eigenvalue weighted by atomic mass is 10.1. The summed E-state index contributed by atoms with van der Waals surface area (Å²) >= 11 is 0. The van der Waals surface area contributed by atoms with Crippen LogP contribution in [0.2, 0.25) is 0 Å². The summed E-state index contributed by atoms with van der Waals surface area (Å²) in [5.74, 6) is 0.691. The van der Waals surface area contributed by atoms with Crippen LogP contribution in [-0.2, 0) is 9.84 Å². The summed E-state index contributed by atoms with van der Waals surface area (Å²) in [6.07, 6.45) is 6.29. The number of pyridine rings is 2.